The quantitative estimate of drug-likeness (QED) is 0.882. The van der Waals surface area contributed by atoms with E-state index in [0.717, 1.165) is 24.7 Å². The number of thioether (sulfide) groups is 1. The molecular formula is C12H16ClFN2O2S2. The Bertz CT molecular complexity index is 589. The lowest BCUT2D eigenvalue weighted by molar-refractivity contribution is 0.527. The molecule has 0 amide bonds. The molecular weight excluding hydrogens is 323 g/mol. The van der Waals surface area contributed by atoms with Gasteiger partial charge in [0.25, 0.3) is 0 Å². The molecule has 1 aliphatic heterocycles. The third kappa shape index (κ3) is 3.65. The molecule has 1 aromatic rings. The smallest absolute Gasteiger partial charge is 0.243 e. The van der Waals surface area contributed by atoms with E-state index >= 15 is 0 Å². The second-order valence-electron chi connectivity index (χ2n) is 4.62. The van der Waals surface area contributed by atoms with Crippen molar-refractivity contribution in [2.45, 2.75) is 30.3 Å². The Morgan fingerprint density at radius 3 is 2.85 bits per heavy atom. The number of benzene rings is 1. The molecule has 2 rings (SSSR count). The number of nitrogens with two attached hydrogens (primary N) is 1. The van der Waals surface area contributed by atoms with E-state index in [1.807, 2.05) is 0 Å². The molecule has 0 bridgehead atoms. The van der Waals surface area contributed by atoms with Gasteiger partial charge in [-0.05, 0) is 30.7 Å². The van der Waals surface area contributed by atoms with Crippen molar-refractivity contribution < 1.29 is 12.8 Å². The maximum absolute atomic E-state index is 14.1. The summed E-state index contributed by atoms with van der Waals surface area (Å²) in [6, 6.07) is 2.29. The molecule has 0 aliphatic carbocycles. The van der Waals surface area contributed by atoms with E-state index in [9.17, 15) is 12.8 Å². The monoisotopic (exact) mass is 338 g/mol. The van der Waals surface area contributed by atoms with Gasteiger partial charge in [-0.3, -0.25) is 0 Å². The molecule has 0 aromatic heterocycles. The highest BCUT2D eigenvalue weighted by Crippen LogP contribution is 2.25. The second-order valence-corrected chi connectivity index (χ2v) is 7.89. The first-order chi connectivity index (χ1) is 9.44. The van der Waals surface area contributed by atoms with Crippen molar-refractivity contribution >= 4 is 33.4 Å². The molecule has 1 fully saturated rings. The van der Waals surface area contributed by atoms with Gasteiger partial charge >= 0.3 is 0 Å². The van der Waals surface area contributed by atoms with E-state index in [-0.39, 0.29) is 23.2 Å². The molecule has 1 unspecified atom stereocenters. The summed E-state index contributed by atoms with van der Waals surface area (Å²) < 4.78 is 41.2. The van der Waals surface area contributed by atoms with Crippen molar-refractivity contribution in [3.05, 3.63) is 28.5 Å². The van der Waals surface area contributed by atoms with Gasteiger partial charge in [-0.15, -0.1) is 0 Å². The van der Waals surface area contributed by atoms with Crippen LogP contribution in [0.4, 0.5) is 4.39 Å². The Morgan fingerprint density at radius 2 is 2.25 bits per heavy atom. The minimum absolute atomic E-state index is 0.0934. The Balaban J connectivity index is 2.31. The lowest BCUT2D eigenvalue weighted by Crippen LogP contribution is -2.38. The molecule has 0 radical (unpaired) electrons. The van der Waals surface area contributed by atoms with Gasteiger partial charge in [0.1, 0.15) is 10.7 Å². The van der Waals surface area contributed by atoms with E-state index in [0.29, 0.717) is 5.75 Å². The highest BCUT2D eigenvalue weighted by Gasteiger charge is 2.26. The van der Waals surface area contributed by atoms with Crippen molar-refractivity contribution in [1.29, 1.82) is 0 Å². The van der Waals surface area contributed by atoms with Gasteiger partial charge in [0.15, 0.2) is 0 Å². The van der Waals surface area contributed by atoms with Crippen LogP contribution in [0.3, 0.4) is 0 Å². The molecule has 8 heteroatoms. The minimum atomic E-state index is -3.92. The van der Waals surface area contributed by atoms with Gasteiger partial charge in [-0.25, -0.2) is 17.5 Å². The zero-order valence-electron chi connectivity index (χ0n) is 10.7. The van der Waals surface area contributed by atoms with Crippen molar-refractivity contribution in [2.24, 2.45) is 5.73 Å². The Labute approximate surface area is 127 Å². The summed E-state index contributed by atoms with van der Waals surface area (Å²) >= 11 is 7.52. The normalized spacial score (nSPS) is 20.1. The van der Waals surface area contributed by atoms with E-state index in [4.69, 9.17) is 17.3 Å². The summed E-state index contributed by atoms with van der Waals surface area (Å²) in [7, 11) is -3.92. The van der Waals surface area contributed by atoms with E-state index in [1.54, 1.807) is 11.8 Å². The summed E-state index contributed by atoms with van der Waals surface area (Å²) in [5.41, 5.74) is 5.49. The van der Waals surface area contributed by atoms with Gasteiger partial charge < -0.3 is 5.73 Å². The third-order valence-corrected chi connectivity index (χ3v) is 6.02. The summed E-state index contributed by atoms with van der Waals surface area (Å²) in [6.45, 7) is -0.103. The van der Waals surface area contributed by atoms with Gasteiger partial charge in [0.2, 0.25) is 10.0 Å². The van der Waals surface area contributed by atoms with Crippen molar-refractivity contribution in [2.75, 3.05) is 11.5 Å². The summed E-state index contributed by atoms with van der Waals surface area (Å²) in [4.78, 5) is -0.430. The van der Waals surface area contributed by atoms with Crippen LogP contribution >= 0.6 is 23.4 Å². The molecule has 1 heterocycles. The maximum Gasteiger partial charge on any atom is 0.243 e. The molecule has 0 saturated carbocycles. The predicted octanol–water partition coefficient (Wildman–Crippen LogP) is 2.11. The number of nitrogens with one attached hydrogen (secondary N) is 1. The molecule has 1 saturated heterocycles. The van der Waals surface area contributed by atoms with E-state index < -0.39 is 20.7 Å². The van der Waals surface area contributed by atoms with E-state index in [2.05, 4.69) is 4.72 Å². The topological polar surface area (TPSA) is 72.2 Å². The summed E-state index contributed by atoms with van der Waals surface area (Å²) in [6.07, 6.45) is 1.71. The lowest BCUT2D eigenvalue weighted by atomic mass is 10.2. The number of hydrogen-bond donors (Lipinski definition) is 2. The van der Waals surface area contributed by atoms with Crippen LogP contribution < -0.4 is 10.5 Å². The van der Waals surface area contributed by atoms with Crippen LogP contribution in [0.1, 0.15) is 18.4 Å². The first-order valence-electron chi connectivity index (χ1n) is 6.22. The zero-order valence-corrected chi connectivity index (χ0v) is 13.1. The zero-order chi connectivity index (χ0) is 14.8. The number of rotatable bonds is 4. The van der Waals surface area contributed by atoms with Crippen LogP contribution in [0, 0.1) is 5.82 Å². The fraction of sp³-hybridized carbons (Fsp3) is 0.500. The van der Waals surface area contributed by atoms with Gasteiger partial charge in [-0.2, -0.15) is 11.8 Å². The van der Waals surface area contributed by atoms with Crippen LogP contribution in [0.5, 0.6) is 0 Å². The number of hydrogen-bond acceptors (Lipinski definition) is 4. The fourth-order valence-electron chi connectivity index (χ4n) is 2.08. The Morgan fingerprint density at radius 1 is 1.50 bits per heavy atom. The van der Waals surface area contributed by atoms with Gasteiger partial charge in [0, 0.05) is 28.9 Å². The average Bonchev–Trinajstić information content (AvgIpc) is 2.41. The molecule has 112 valence electrons. The molecule has 1 aliphatic rings. The van der Waals surface area contributed by atoms with Crippen LogP contribution in [0.25, 0.3) is 0 Å². The second kappa shape index (κ2) is 6.62. The van der Waals surface area contributed by atoms with Crippen LogP contribution in [-0.2, 0) is 16.6 Å². The number of sulfonamides is 1. The molecule has 1 atom stereocenters. The lowest BCUT2D eigenvalue weighted by Gasteiger charge is -2.22. The Hall–Kier alpha value is -0.340. The third-order valence-electron chi connectivity index (χ3n) is 3.07. The molecule has 3 N–H and O–H groups in total. The molecule has 0 spiro atoms. The summed E-state index contributed by atoms with van der Waals surface area (Å²) in [5, 5.41) is 0.158. The maximum atomic E-state index is 14.1. The highest BCUT2D eigenvalue weighted by atomic mass is 35.5. The molecule has 1 aromatic carbocycles. The molecule has 4 nitrogen and oxygen atoms in total. The largest absolute Gasteiger partial charge is 0.326 e. The van der Waals surface area contributed by atoms with Crippen molar-refractivity contribution in [3.63, 3.8) is 0 Å². The Kier molecular flexibility index (Phi) is 5.30. The van der Waals surface area contributed by atoms with Gasteiger partial charge in [0.05, 0.1) is 0 Å². The average molecular weight is 339 g/mol. The van der Waals surface area contributed by atoms with Crippen molar-refractivity contribution in [1.82, 2.24) is 4.72 Å². The van der Waals surface area contributed by atoms with Crippen LogP contribution in [-0.4, -0.2) is 26.0 Å². The minimum Gasteiger partial charge on any atom is -0.326 e. The first-order valence-corrected chi connectivity index (χ1v) is 9.23. The highest BCUT2D eigenvalue weighted by molar-refractivity contribution is 7.99. The first kappa shape index (κ1) is 16.0. The van der Waals surface area contributed by atoms with Crippen molar-refractivity contribution in [3.8, 4) is 0 Å². The van der Waals surface area contributed by atoms with E-state index in [1.165, 1.54) is 6.07 Å². The standard InChI is InChI=1S/C12H16ClFN2O2S2/c13-9-4-8(6-15)12(14)11(5-9)20(17,18)16-10-2-1-3-19-7-10/h4-5,10,16H,1-3,6-7,15H2. The van der Waals surface area contributed by atoms with Gasteiger partial charge in [-0.1, -0.05) is 11.6 Å². The van der Waals surface area contributed by atoms with Crippen LogP contribution in [0.15, 0.2) is 17.0 Å². The fourth-order valence-corrected chi connectivity index (χ4v) is 4.98. The SMILES string of the molecule is NCc1cc(Cl)cc(S(=O)(=O)NC2CCCSC2)c1F. The number of halogens is 2. The predicted molar refractivity (Wildman–Crippen MR) is 80.0 cm³/mol. The molecule has 20 heavy (non-hydrogen) atoms. The summed E-state index contributed by atoms with van der Waals surface area (Å²) in [5.74, 6) is 0.902. The van der Waals surface area contributed by atoms with Crippen LogP contribution in [0.2, 0.25) is 5.02 Å².